The largest absolute Gasteiger partial charge is 0.493 e. The highest BCUT2D eigenvalue weighted by Gasteiger charge is 2.25. The van der Waals surface area contributed by atoms with Crippen LogP contribution in [0.5, 0.6) is 5.75 Å². The fourth-order valence-electron chi connectivity index (χ4n) is 2.13. The van der Waals surface area contributed by atoms with Gasteiger partial charge in [-0.1, -0.05) is 32.0 Å². The number of ether oxygens (including phenoxy) is 1. The van der Waals surface area contributed by atoms with Crippen molar-refractivity contribution < 1.29 is 14.6 Å². The molecule has 0 atom stereocenters. The second-order valence-corrected chi connectivity index (χ2v) is 5.51. The van der Waals surface area contributed by atoms with Crippen molar-refractivity contribution in [1.29, 1.82) is 0 Å². The van der Waals surface area contributed by atoms with Gasteiger partial charge in [-0.2, -0.15) is 0 Å². The smallest absolute Gasteiger partial charge is 0.223 e. The van der Waals surface area contributed by atoms with Gasteiger partial charge in [0.25, 0.3) is 0 Å². The molecular weight excluding hydrogens is 266 g/mol. The molecule has 0 saturated heterocycles. The van der Waals surface area contributed by atoms with E-state index in [0.717, 1.165) is 24.2 Å². The van der Waals surface area contributed by atoms with Crippen molar-refractivity contribution in [2.24, 2.45) is 5.41 Å². The number of para-hydroxylation sites is 1. The Morgan fingerprint density at radius 2 is 1.95 bits per heavy atom. The summed E-state index contributed by atoms with van der Waals surface area (Å²) in [6.45, 7) is 7.02. The number of nitrogens with one attached hydrogen (secondary N) is 1. The predicted octanol–water partition coefficient (Wildman–Crippen LogP) is 2.68. The van der Waals surface area contributed by atoms with Crippen LogP contribution in [0, 0.1) is 12.3 Å². The Morgan fingerprint density at radius 1 is 1.29 bits per heavy atom. The number of aliphatic hydroxyl groups is 1. The molecule has 4 heteroatoms. The number of benzene rings is 1. The molecule has 0 aromatic heterocycles. The lowest BCUT2D eigenvalue weighted by Crippen LogP contribution is -2.39. The number of carbonyl (C=O) groups is 1. The summed E-state index contributed by atoms with van der Waals surface area (Å²) in [6, 6.07) is 7.76. The molecule has 0 aliphatic heterocycles. The van der Waals surface area contributed by atoms with Crippen molar-refractivity contribution in [3.8, 4) is 5.75 Å². The van der Waals surface area contributed by atoms with Crippen LogP contribution >= 0.6 is 0 Å². The highest BCUT2D eigenvalue weighted by atomic mass is 16.5. The average Bonchev–Trinajstić information content (AvgIpc) is 2.51. The third-order valence-corrected chi connectivity index (χ3v) is 4.18. The quantitative estimate of drug-likeness (QED) is 0.736. The van der Waals surface area contributed by atoms with Crippen LogP contribution in [0.1, 0.15) is 38.7 Å². The number of carbonyl (C=O) groups excluding carboxylic acids is 1. The molecule has 0 radical (unpaired) electrons. The van der Waals surface area contributed by atoms with Crippen LogP contribution < -0.4 is 10.1 Å². The minimum atomic E-state index is -0.202. The Hall–Kier alpha value is -1.55. The maximum atomic E-state index is 11.8. The fraction of sp³-hybridized carbons (Fsp3) is 0.588. The van der Waals surface area contributed by atoms with Crippen molar-refractivity contribution in [2.45, 2.75) is 40.0 Å². The molecular formula is C17H27NO3. The molecule has 2 N–H and O–H groups in total. The summed E-state index contributed by atoms with van der Waals surface area (Å²) in [7, 11) is 0. The molecule has 0 aliphatic rings. The van der Waals surface area contributed by atoms with Crippen LogP contribution in [0.25, 0.3) is 0 Å². The van der Waals surface area contributed by atoms with Gasteiger partial charge in [0, 0.05) is 12.0 Å². The van der Waals surface area contributed by atoms with Crippen molar-refractivity contribution >= 4 is 5.91 Å². The molecule has 1 amide bonds. The van der Waals surface area contributed by atoms with E-state index in [4.69, 9.17) is 4.74 Å². The van der Waals surface area contributed by atoms with Crippen molar-refractivity contribution in [3.63, 3.8) is 0 Å². The molecule has 1 aromatic carbocycles. The van der Waals surface area contributed by atoms with Crippen LogP contribution in [0.2, 0.25) is 0 Å². The Morgan fingerprint density at radius 3 is 2.52 bits per heavy atom. The molecule has 0 unspecified atom stereocenters. The van der Waals surface area contributed by atoms with Gasteiger partial charge in [0.1, 0.15) is 5.75 Å². The molecule has 0 aliphatic carbocycles. The van der Waals surface area contributed by atoms with E-state index in [-0.39, 0.29) is 17.9 Å². The molecule has 118 valence electrons. The minimum absolute atomic E-state index is 0.0386. The Kier molecular flexibility index (Phi) is 7.23. The lowest BCUT2D eigenvalue weighted by molar-refractivity contribution is -0.122. The van der Waals surface area contributed by atoms with Crippen molar-refractivity contribution in [1.82, 2.24) is 5.32 Å². The lowest BCUT2D eigenvalue weighted by Gasteiger charge is -2.29. The van der Waals surface area contributed by atoms with Crippen LogP contribution in [0.3, 0.4) is 0 Å². The van der Waals surface area contributed by atoms with E-state index >= 15 is 0 Å². The molecule has 0 saturated carbocycles. The number of amides is 1. The maximum absolute atomic E-state index is 11.8. The highest BCUT2D eigenvalue weighted by Crippen LogP contribution is 2.24. The SMILES string of the molecule is CCC(CC)(CO)CNC(=O)CCOc1ccccc1C. The van der Waals surface area contributed by atoms with E-state index in [1.54, 1.807) is 0 Å². The minimum Gasteiger partial charge on any atom is -0.493 e. The molecule has 0 fully saturated rings. The monoisotopic (exact) mass is 293 g/mol. The van der Waals surface area contributed by atoms with E-state index in [9.17, 15) is 9.90 Å². The summed E-state index contributed by atoms with van der Waals surface area (Å²) in [5.41, 5.74) is 0.862. The second kappa shape index (κ2) is 8.67. The zero-order valence-electron chi connectivity index (χ0n) is 13.3. The van der Waals surface area contributed by atoms with Gasteiger partial charge in [0.05, 0.1) is 19.6 Å². The standard InChI is InChI=1S/C17H27NO3/c1-4-17(5-2,13-19)12-18-16(20)10-11-21-15-9-7-6-8-14(15)3/h6-9,19H,4-5,10-13H2,1-3H3,(H,18,20). The summed E-state index contributed by atoms with van der Waals surface area (Å²) in [6.07, 6.45) is 2.02. The van der Waals surface area contributed by atoms with Crippen LogP contribution in [0.4, 0.5) is 0 Å². The Balaban J connectivity index is 2.33. The normalized spacial score (nSPS) is 11.2. The van der Waals surface area contributed by atoms with Gasteiger partial charge in [-0.3, -0.25) is 4.79 Å². The lowest BCUT2D eigenvalue weighted by atomic mass is 9.83. The van der Waals surface area contributed by atoms with Gasteiger partial charge in [-0.15, -0.1) is 0 Å². The topological polar surface area (TPSA) is 58.6 Å². The van der Waals surface area contributed by atoms with Gasteiger partial charge < -0.3 is 15.2 Å². The number of aliphatic hydroxyl groups excluding tert-OH is 1. The summed E-state index contributed by atoms with van der Waals surface area (Å²) in [5.74, 6) is 0.778. The molecule has 1 aromatic rings. The predicted molar refractivity (Wildman–Crippen MR) is 84.4 cm³/mol. The van der Waals surface area contributed by atoms with Gasteiger partial charge in [-0.25, -0.2) is 0 Å². The van der Waals surface area contributed by atoms with E-state index < -0.39 is 0 Å². The highest BCUT2D eigenvalue weighted by molar-refractivity contribution is 5.76. The second-order valence-electron chi connectivity index (χ2n) is 5.51. The van der Waals surface area contributed by atoms with Crippen LogP contribution in [-0.2, 0) is 4.79 Å². The third kappa shape index (κ3) is 5.38. The Bertz CT molecular complexity index is 433. The molecule has 0 heterocycles. The summed E-state index contributed by atoms with van der Waals surface area (Å²) in [4.78, 5) is 11.8. The number of hydrogen-bond donors (Lipinski definition) is 2. The van der Waals surface area contributed by atoms with E-state index in [0.29, 0.717) is 19.6 Å². The fourth-order valence-corrected chi connectivity index (χ4v) is 2.13. The summed E-state index contributed by atoms with van der Waals surface area (Å²) >= 11 is 0. The Labute approximate surface area is 127 Å². The zero-order valence-corrected chi connectivity index (χ0v) is 13.3. The first kappa shape index (κ1) is 17.5. The first-order chi connectivity index (χ1) is 10.1. The third-order valence-electron chi connectivity index (χ3n) is 4.18. The molecule has 4 nitrogen and oxygen atoms in total. The number of rotatable bonds is 9. The maximum Gasteiger partial charge on any atom is 0.223 e. The summed E-state index contributed by atoms with van der Waals surface area (Å²) in [5, 5.41) is 12.4. The van der Waals surface area contributed by atoms with E-state index in [1.165, 1.54) is 0 Å². The number of hydrogen-bond acceptors (Lipinski definition) is 3. The van der Waals surface area contributed by atoms with Crippen molar-refractivity contribution in [2.75, 3.05) is 19.8 Å². The van der Waals surface area contributed by atoms with Gasteiger partial charge in [0.15, 0.2) is 0 Å². The van der Waals surface area contributed by atoms with E-state index in [1.807, 2.05) is 45.0 Å². The molecule has 1 rings (SSSR count). The first-order valence-corrected chi connectivity index (χ1v) is 7.63. The number of aryl methyl sites for hydroxylation is 1. The summed E-state index contributed by atoms with van der Waals surface area (Å²) < 4.78 is 5.61. The molecule has 21 heavy (non-hydrogen) atoms. The first-order valence-electron chi connectivity index (χ1n) is 7.63. The average molecular weight is 293 g/mol. The molecule has 0 bridgehead atoms. The van der Waals surface area contributed by atoms with Crippen molar-refractivity contribution in [3.05, 3.63) is 29.8 Å². The van der Waals surface area contributed by atoms with Gasteiger partial charge >= 0.3 is 0 Å². The van der Waals surface area contributed by atoms with E-state index in [2.05, 4.69) is 5.32 Å². The van der Waals surface area contributed by atoms with Gasteiger partial charge in [0.2, 0.25) is 5.91 Å². The van der Waals surface area contributed by atoms with Crippen LogP contribution in [0.15, 0.2) is 24.3 Å². The van der Waals surface area contributed by atoms with Gasteiger partial charge in [-0.05, 0) is 31.4 Å². The zero-order chi connectivity index (χ0) is 15.7. The van der Waals surface area contributed by atoms with Crippen LogP contribution in [-0.4, -0.2) is 30.8 Å². The molecule has 0 spiro atoms.